The van der Waals surface area contributed by atoms with Crippen molar-refractivity contribution in [3.05, 3.63) is 44.2 Å². The second-order valence-corrected chi connectivity index (χ2v) is 7.46. The van der Waals surface area contributed by atoms with Gasteiger partial charge in [-0.1, -0.05) is 23.2 Å². The molecule has 0 saturated carbocycles. The summed E-state index contributed by atoms with van der Waals surface area (Å²) in [5.41, 5.74) is 1.39. The lowest BCUT2D eigenvalue weighted by atomic mass is 10.1. The van der Waals surface area contributed by atoms with Crippen molar-refractivity contribution in [2.75, 3.05) is 17.2 Å². The third-order valence-corrected chi connectivity index (χ3v) is 5.28. The van der Waals surface area contributed by atoms with Crippen molar-refractivity contribution in [2.24, 2.45) is 0 Å². The van der Waals surface area contributed by atoms with Gasteiger partial charge in [-0.05, 0) is 37.6 Å². The third-order valence-electron chi connectivity index (χ3n) is 3.42. The highest BCUT2D eigenvalue weighted by Crippen LogP contribution is 2.33. The Bertz CT molecular complexity index is 880. The Morgan fingerprint density at radius 2 is 1.81 bits per heavy atom. The van der Waals surface area contributed by atoms with Gasteiger partial charge in [-0.3, -0.25) is 9.59 Å². The normalized spacial score (nSPS) is 10.3. The zero-order valence-electron chi connectivity index (χ0n) is 14.2. The Labute approximate surface area is 164 Å². The number of carbonyl (C=O) groups is 3. The molecule has 138 valence electrons. The van der Waals surface area contributed by atoms with Crippen LogP contribution in [0, 0.1) is 13.8 Å². The van der Waals surface area contributed by atoms with Gasteiger partial charge in [0.05, 0.1) is 15.6 Å². The number of thiophene rings is 1. The number of aryl methyl sites for hydroxylation is 1. The molecular weight excluding hydrogens is 399 g/mol. The highest BCUT2D eigenvalue weighted by Gasteiger charge is 2.22. The third kappa shape index (κ3) is 4.97. The van der Waals surface area contributed by atoms with Gasteiger partial charge in [0, 0.05) is 17.5 Å². The first kappa shape index (κ1) is 20.2. The molecular formula is C17H16Cl2N2O4S. The molecule has 26 heavy (non-hydrogen) atoms. The predicted molar refractivity (Wildman–Crippen MR) is 103 cm³/mol. The Kier molecular flexibility index (Phi) is 6.63. The van der Waals surface area contributed by atoms with Gasteiger partial charge in [0.1, 0.15) is 5.00 Å². The summed E-state index contributed by atoms with van der Waals surface area (Å²) in [4.78, 5) is 36.5. The van der Waals surface area contributed by atoms with Crippen LogP contribution in [-0.2, 0) is 14.3 Å². The number of halogens is 2. The van der Waals surface area contributed by atoms with Crippen molar-refractivity contribution >= 4 is 63.0 Å². The van der Waals surface area contributed by atoms with Crippen LogP contribution in [0.15, 0.2) is 18.2 Å². The molecule has 0 fully saturated rings. The summed E-state index contributed by atoms with van der Waals surface area (Å²) in [6.45, 7) is 4.46. The summed E-state index contributed by atoms with van der Waals surface area (Å²) < 4.78 is 5.08. The fraction of sp³-hybridized carbons (Fsp3) is 0.235. The molecule has 0 atom stereocenters. The molecule has 0 bridgehead atoms. The maximum absolute atomic E-state index is 12.4. The number of hydrogen-bond acceptors (Lipinski definition) is 5. The quantitative estimate of drug-likeness (QED) is 0.708. The topological polar surface area (TPSA) is 84.5 Å². The number of ether oxygens (including phenoxy) is 1. The molecule has 2 aromatic rings. The summed E-state index contributed by atoms with van der Waals surface area (Å²) in [6.07, 6.45) is 0. The zero-order valence-corrected chi connectivity index (χ0v) is 16.6. The standard InChI is InChI=1S/C17H16Cl2N2O4S/c1-8-9(2)26-16(20-10(3)22)15(8)17(24)25-7-14(23)21-11-4-5-12(18)13(19)6-11/h4-6H,7H2,1-3H3,(H,20,22)(H,21,23). The Balaban J connectivity index is 2.03. The van der Waals surface area contributed by atoms with E-state index in [1.807, 2.05) is 6.92 Å². The van der Waals surface area contributed by atoms with Crippen LogP contribution in [0.1, 0.15) is 27.7 Å². The second kappa shape index (κ2) is 8.53. The van der Waals surface area contributed by atoms with Crippen LogP contribution >= 0.6 is 34.5 Å². The minimum atomic E-state index is -0.681. The van der Waals surface area contributed by atoms with Crippen LogP contribution in [0.5, 0.6) is 0 Å². The van der Waals surface area contributed by atoms with Crippen molar-refractivity contribution < 1.29 is 19.1 Å². The molecule has 0 saturated heterocycles. The van der Waals surface area contributed by atoms with Gasteiger partial charge in [0.15, 0.2) is 6.61 Å². The summed E-state index contributed by atoms with van der Waals surface area (Å²) in [5.74, 6) is -1.50. The Morgan fingerprint density at radius 3 is 2.42 bits per heavy atom. The smallest absolute Gasteiger partial charge is 0.341 e. The van der Waals surface area contributed by atoms with E-state index in [0.717, 1.165) is 4.88 Å². The monoisotopic (exact) mass is 414 g/mol. The molecule has 1 aromatic heterocycles. The molecule has 0 radical (unpaired) electrons. The molecule has 0 aliphatic heterocycles. The van der Waals surface area contributed by atoms with Gasteiger partial charge in [0.25, 0.3) is 5.91 Å². The Hall–Kier alpha value is -2.09. The molecule has 1 heterocycles. The molecule has 1 aromatic carbocycles. The van der Waals surface area contributed by atoms with E-state index >= 15 is 0 Å². The van der Waals surface area contributed by atoms with Crippen molar-refractivity contribution in [1.82, 2.24) is 0 Å². The second-order valence-electron chi connectivity index (χ2n) is 5.42. The average Bonchev–Trinajstić information content (AvgIpc) is 2.82. The number of amides is 2. The van der Waals surface area contributed by atoms with E-state index in [0.29, 0.717) is 26.3 Å². The summed E-state index contributed by atoms with van der Waals surface area (Å²) in [5, 5.41) is 6.23. The average molecular weight is 415 g/mol. The minimum Gasteiger partial charge on any atom is -0.452 e. The van der Waals surface area contributed by atoms with E-state index in [-0.39, 0.29) is 11.5 Å². The lowest BCUT2D eigenvalue weighted by molar-refractivity contribution is -0.119. The first-order valence-corrected chi connectivity index (χ1v) is 9.06. The number of anilines is 2. The minimum absolute atomic E-state index is 0.255. The molecule has 2 amide bonds. The van der Waals surface area contributed by atoms with Crippen molar-refractivity contribution in [3.8, 4) is 0 Å². The van der Waals surface area contributed by atoms with E-state index in [1.165, 1.54) is 24.3 Å². The van der Waals surface area contributed by atoms with Gasteiger partial charge in [0.2, 0.25) is 5.91 Å². The molecule has 6 nitrogen and oxygen atoms in total. The number of carbonyl (C=O) groups excluding carboxylic acids is 3. The summed E-state index contributed by atoms with van der Waals surface area (Å²) in [6, 6.07) is 4.61. The van der Waals surface area contributed by atoms with E-state index < -0.39 is 18.5 Å². The van der Waals surface area contributed by atoms with E-state index in [9.17, 15) is 14.4 Å². The van der Waals surface area contributed by atoms with Crippen LogP contribution in [0.2, 0.25) is 10.0 Å². The maximum atomic E-state index is 12.4. The molecule has 0 aliphatic carbocycles. The SMILES string of the molecule is CC(=O)Nc1sc(C)c(C)c1C(=O)OCC(=O)Nc1ccc(Cl)c(Cl)c1. The molecule has 9 heteroatoms. The molecule has 0 spiro atoms. The number of nitrogens with one attached hydrogen (secondary N) is 2. The number of esters is 1. The lowest BCUT2D eigenvalue weighted by Gasteiger charge is -2.09. The van der Waals surface area contributed by atoms with Crippen LogP contribution in [0.4, 0.5) is 10.7 Å². The molecule has 2 rings (SSSR count). The highest BCUT2D eigenvalue weighted by atomic mass is 35.5. The maximum Gasteiger partial charge on any atom is 0.341 e. The van der Waals surface area contributed by atoms with Crippen LogP contribution in [0.25, 0.3) is 0 Å². The first-order valence-electron chi connectivity index (χ1n) is 7.48. The van der Waals surface area contributed by atoms with Crippen molar-refractivity contribution in [1.29, 1.82) is 0 Å². The predicted octanol–water partition coefficient (Wildman–Crippen LogP) is 4.43. The van der Waals surface area contributed by atoms with E-state index in [4.69, 9.17) is 27.9 Å². The lowest BCUT2D eigenvalue weighted by Crippen LogP contribution is -2.21. The summed E-state index contributed by atoms with van der Waals surface area (Å²) >= 11 is 13.0. The molecule has 2 N–H and O–H groups in total. The number of rotatable bonds is 5. The van der Waals surface area contributed by atoms with Gasteiger partial charge >= 0.3 is 5.97 Å². The van der Waals surface area contributed by atoms with E-state index in [1.54, 1.807) is 19.1 Å². The van der Waals surface area contributed by atoms with Crippen molar-refractivity contribution in [2.45, 2.75) is 20.8 Å². The fourth-order valence-corrected chi connectivity index (χ4v) is 3.49. The number of benzene rings is 1. The zero-order chi connectivity index (χ0) is 19.4. The van der Waals surface area contributed by atoms with Crippen LogP contribution < -0.4 is 10.6 Å². The molecule has 0 aliphatic rings. The van der Waals surface area contributed by atoms with Crippen LogP contribution in [0.3, 0.4) is 0 Å². The fourth-order valence-electron chi connectivity index (χ4n) is 2.09. The highest BCUT2D eigenvalue weighted by molar-refractivity contribution is 7.16. The van der Waals surface area contributed by atoms with Gasteiger partial charge in [-0.25, -0.2) is 4.79 Å². The first-order chi connectivity index (χ1) is 12.2. The molecule has 0 unspecified atom stereocenters. The van der Waals surface area contributed by atoms with Crippen LogP contribution in [-0.4, -0.2) is 24.4 Å². The van der Waals surface area contributed by atoms with E-state index in [2.05, 4.69) is 10.6 Å². The Morgan fingerprint density at radius 1 is 1.12 bits per heavy atom. The number of hydrogen-bond donors (Lipinski definition) is 2. The largest absolute Gasteiger partial charge is 0.452 e. The van der Waals surface area contributed by atoms with Gasteiger partial charge in [-0.2, -0.15) is 0 Å². The summed E-state index contributed by atoms with van der Waals surface area (Å²) in [7, 11) is 0. The van der Waals surface area contributed by atoms with Crippen molar-refractivity contribution in [3.63, 3.8) is 0 Å². The van der Waals surface area contributed by atoms with Gasteiger partial charge in [-0.15, -0.1) is 11.3 Å². The van der Waals surface area contributed by atoms with Gasteiger partial charge < -0.3 is 15.4 Å².